The van der Waals surface area contributed by atoms with Gasteiger partial charge in [0.25, 0.3) is 0 Å². The minimum atomic E-state index is -0.402. The largest absolute Gasteiger partial charge is 0.497 e. The van der Waals surface area contributed by atoms with E-state index < -0.39 is 5.82 Å². The second-order valence-electron chi connectivity index (χ2n) is 6.78. The first-order chi connectivity index (χ1) is 15.0. The lowest BCUT2D eigenvalue weighted by molar-refractivity contribution is 0.264. The summed E-state index contributed by atoms with van der Waals surface area (Å²) in [6.07, 6.45) is 0. The Bertz CT molecular complexity index is 994. The zero-order valence-electron chi connectivity index (χ0n) is 17.4. The molecule has 7 heteroatoms. The van der Waals surface area contributed by atoms with Gasteiger partial charge in [-0.2, -0.15) is 0 Å². The second kappa shape index (κ2) is 11.4. The van der Waals surface area contributed by atoms with Crippen LogP contribution in [0.5, 0.6) is 17.2 Å². The first-order valence-electron chi connectivity index (χ1n) is 9.86. The van der Waals surface area contributed by atoms with Crippen molar-refractivity contribution in [2.75, 3.05) is 13.7 Å². The summed E-state index contributed by atoms with van der Waals surface area (Å²) in [6.45, 7) is 3.74. The van der Waals surface area contributed by atoms with Crippen LogP contribution in [-0.4, -0.2) is 13.7 Å². The maximum absolute atomic E-state index is 14.1. The van der Waals surface area contributed by atoms with Crippen LogP contribution in [0.3, 0.4) is 0 Å². The van der Waals surface area contributed by atoms with Crippen LogP contribution < -0.4 is 19.5 Å². The first kappa shape index (κ1) is 23.4. The lowest BCUT2D eigenvalue weighted by Gasteiger charge is -2.16. The Morgan fingerprint density at radius 3 is 2.42 bits per heavy atom. The van der Waals surface area contributed by atoms with Crippen molar-refractivity contribution in [3.05, 3.63) is 86.6 Å². The summed E-state index contributed by atoms with van der Waals surface area (Å²) in [7, 11) is 1.65. The molecule has 3 aromatic carbocycles. The van der Waals surface area contributed by atoms with Crippen molar-refractivity contribution < 1.29 is 18.6 Å². The molecule has 0 unspecified atom stereocenters. The summed E-state index contributed by atoms with van der Waals surface area (Å²) < 4.78 is 31.6. The molecular weight excluding hydrogens is 485 g/mol. The lowest BCUT2D eigenvalue weighted by Crippen LogP contribution is -2.13. The van der Waals surface area contributed by atoms with Gasteiger partial charge in [-0.1, -0.05) is 29.8 Å². The topological polar surface area (TPSA) is 39.7 Å². The van der Waals surface area contributed by atoms with Crippen LogP contribution in [0.4, 0.5) is 4.39 Å². The van der Waals surface area contributed by atoms with Crippen molar-refractivity contribution in [3.8, 4) is 17.2 Å². The van der Waals surface area contributed by atoms with Gasteiger partial charge in [-0.05, 0) is 70.4 Å². The maximum atomic E-state index is 14.1. The van der Waals surface area contributed by atoms with Gasteiger partial charge < -0.3 is 19.5 Å². The van der Waals surface area contributed by atoms with Crippen molar-refractivity contribution in [1.82, 2.24) is 5.32 Å². The molecule has 0 radical (unpaired) electrons. The molecule has 0 bridgehead atoms. The van der Waals surface area contributed by atoms with Gasteiger partial charge in [0.2, 0.25) is 0 Å². The number of halogens is 3. The Hall–Kier alpha value is -2.28. The molecule has 31 heavy (non-hydrogen) atoms. The summed E-state index contributed by atoms with van der Waals surface area (Å²) in [6, 6.07) is 16.4. The van der Waals surface area contributed by atoms with Crippen LogP contribution in [0.15, 0.2) is 59.1 Å². The predicted octanol–water partition coefficient (Wildman–Crippen LogP) is 6.52. The van der Waals surface area contributed by atoms with Gasteiger partial charge in [-0.15, -0.1) is 0 Å². The van der Waals surface area contributed by atoms with Crippen molar-refractivity contribution in [2.24, 2.45) is 0 Å². The van der Waals surface area contributed by atoms with Crippen LogP contribution in [0.2, 0.25) is 5.02 Å². The number of nitrogens with one attached hydrogen (secondary N) is 1. The predicted molar refractivity (Wildman–Crippen MR) is 125 cm³/mol. The van der Waals surface area contributed by atoms with E-state index in [4.69, 9.17) is 25.8 Å². The molecule has 3 aromatic rings. The molecule has 0 heterocycles. The monoisotopic (exact) mass is 507 g/mol. The normalized spacial score (nSPS) is 10.7. The van der Waals surface area contributed by atoms with Crippen LogP contribution in [0.1, 0.15) is 23.6 Å². The molecule has 1 N–H and O–H groups in total. The minimum absolute atomic E-state index is 0.000747. The highest BCUT2D eigenvalue weighted by atomic mass is 79.9. The molecule has 0 atom stereocenters. The van der Waals surface area contributed by atoms with E-state index >= 15 is 0 Å². The third-order valence-electron chi connectivity index (χ3n) is 4.61. The number of ether oxygens (including phenoxy) is 3. The molecule has 0 aliphatic heterocycles. The molecule has 0 saturated heterocycles. The summed E-state index contributed by atoms with van der Waals surface area (Å²) >= 11 is 9.67. The summed E-state index contributed by atoms with van der Waals surface area (Å²) in [5.41, 5.74) is 2.50. The van der Waals surface area contributed by atoms with E-state index in [2.05, 4.69) is 21.2 Å². The Kier molecular flexibility index (Phi) is 8.58. The van der Waals surface area contributed by atoms with E-state index in [0.29, 0.717) is 35.2 Å². The minimum Gasteiger partial charge on any atom is -0.497 e. The number of rotatable bonds is 10. The first-order valence-corrected chi connectivity index (χ1v) is 11.0. The highest BCUT2D eigenvalue weighted by Gasteiger charge is 2.15. The number of benzene rings is 3. The van der Waals surface area contributed by atoms with E-state index in [1.54, 1.807) is 19.2 Å². The van der Waals surface area contributed by atoms with E-state index in [-0.39, 0.29) is 6.61 Å². The molecule has 0 fully saturated rings. The zero-order chi connectivity index (χ0) is 22.2. The van der Waals surface area contributed by atoms with Gasteiger partial charge in [-0.3, -0.25) is 0 Å². The Morgan fingerprint density at radius 2 is 1.74 bits per heavy atom. The molecule has 0 spiro atoms. The summed E-state index contributed by atoms with van der Waals surface area (Å²) in [5, 5.41) is 3.75. The van der Waals surface area contributed by atoms with Crippen LogP contribution in [0.25, 0.3) is 0 Å². The van der Waals surface area contributed by atoms with Crippen LogP contribution >= 0.6 is 27.5 Å². The Balaban J connectivity index is 1.68. The lowest BCUT2D eigenvalue weighted by atomic mass is 10.1. The molecular formula is C24H24BrClFNO3. The molecule has 3 rings (SSSR count). The molecule has 0 aliphatic rings. The van der Waals surface area contributed by atoms with Gasteiger partial charge in [0, 0.05) is 18.7 Å². The van der Waals surface area contributed by atoms with Gasteiger partial charge >= 0.3 is 0 Å². The molecule has 0 aromatic heterocycles. The van der Waals surface area contributed by atoms with Gasteiger partial charge in [-0.25, -0.2) is 4.39 Å². The maximum Gasteiger partial charge on any atom is 0.175 e. The van der Waals surface area contributed by atoms with E-state index in [1.165, 1.54) is 6.07 Å². The number of methoxy groups -OCH3 is 1. The molecule has 0 aliphatic carbocycles. The van der Waals surface area contributed by atoms with Crippen molar-refractivity contribution in [3.63, 3.8) is 0 Å². The number of hydrogen-bond donors (Lipinski definition) is 1. The third kappa shape index (κ3) is 6.35. The zero-order valence-corrected chi connectivity index (χ0v) is 19.7. The standard InChI is InChI=1S/C24H24BrClFNO3/c1-3-30-23-12-17(14-28-13-16-7-9-18(29-2)10-8-16)11-20(25)24(23)31-15-19-21(26)5-4-6-22(19)27/h4-12,28H,3,13-15H2,1-2H3. The van der Waals surface area contributed by atoms with Crippen LogP contribution in [-0.2, 0) is 19.7 Å². The molecule has 0 saturated carbocycles. The van der Waals surface area contributed by atoms with Crippen molar-refractivity contribution in [2.45, 2.75) is 26.6 Å². The Labute approximate surface area is 195 Å². The fourth-order valence-corrected chi connectivity index (χ4v) is 3.86. The number of hydrogen-bond acceptors (Lipinski definition) is 4. The smallest absolute Gasteiger partial charge is 0.175 e. The highest BCUT2D eigenvalue weighted by molar-refractivity contribution is 9.10. The quantitative estimate of drug-likeness (QED) is 0.338. The molecule has 0 amide bonds. The van der Waals surface area contributed by atoms with Gasteiger partial charge in [0.15, 0.2) is 11.5 Å². The average molecular weight is 509 g/mol. The SMILES string of the molecule is CCOc1cc(CNCc2ccc(OC)cc2)cc(Br)c1OCc1c(F)cccc1Cl. The summed E-state index contributed by atoms with van der Waals surface area (Å²) in [4.78, 5) is 0. The van der Waals surface area contributed by atoms with E-state index in [0.717, 1.165) is 27.9 Å². The third-order valence-corrected chi connectivity index (χ3v) is 5.55. The van der Waals surface area contributed by atoms with Crippen molar-refractivity contribution in [1.29, 1.82) is 0 Å². The molecule has 164 valence electrons. The average Bonchev–Trinajstić information content (AvgIpc) is 2.75. The highest BCUT2D eigenvalue weighted by Crippen LogP contribution is 2.38. The molecule has 4 nitrogen and oxygen atoms in total. The van der Waals surface area contributed by atoms with E-state index in [1.807, 2.05) is 43.3 Å². The fraction of sp³-hybridized carbons (Fsp3) is 0.250. The van der Waals surface area contributed by atoms with Gasteiger partial charge in [0.05, 0.1) is 23.2 Å². The fourth-order valence-electron chi connectivity index (χ4n) is 3.04. The Morgan fingerprint density at radius 1 is 1.00 bits per heavy atom. The van der Waals surface area contributed by atoms with Crippen molar-refractivity contribution >= 4 is 27.5 Å². The van der Waals surface area contributed by atoms with Gasteiger partial charge in [0.1, 0.15) is 18.2 Å². The summed E-state index contributed by atoms with van der Waals surface area (Å²) in [5.74, 6) is 1.54. The second-order valence-corrected chi connectivity index (χ2v) is 8.04. The van der Waals surface area contributed by atoms with E-state index in [9.17, 15) is 4.39 Å². The van der Waals surface area contributed by atoms with Crippen LogP contribution in [0, 0.1) is 5.82 Å².